The van der Waals surface area contributed by atoms with Gasteiger partial charge in [-0.1, -0.05) is 0 Å². The monoisotopic (exact) mass is 428 g/mol. The fourth-order valence-corrected chi connectivity index (χ4v) is 6.42. The number of rotatable bonds is 3. The zero-order valence-electron chi connectivity index (χ0n) is 13.6. The normalized spacial score (nSPS) is 18.8. The minimum Gasteiger partial charge on any atom is -1.00 e. The molecule has 0 aliphatic heterocycles. The number of benzene rings is 2. The molecule has 0 fully saturated rings. The van der Waals surface area contributed by atoms with Crippen molar-refractivity contribution in [2.24, 2.45) is 0 Å². The van der Waals surface area contributed by atoms with Crippen molar-refractivity contribution in [3.05, 3.63) is 84.5 Å². The van der Waals surface area contributed by atoms with Gasteiger partial charge in [-0.3, -0.25) is 0 Å². The Labute approximate surface area is 176 Å². The molecule has 2 aromatic carbocycles. The summed E-state index contributed by atoms with van der Waals surface area (Å²) in [4.78, 5) is 0. The average molecular weight is 430 g/mol. The number of hydrogen-bond donors (Lipinski definition) is 0. The molecule has 3 rings (SSSR count). The SMILES string of the molecule is C[Si](C)(c1ccccc1)[C]1([Ti+3])C=CC(c2ccccc2)=C1.[Cl-].[Cl-].[Cl-]. The van der Waals surface area contributed by atoms with Crippen LogP contribution in [0.2, 0.25) is 16.4 Å². The first-order chi connectivity index (χ1) is 10.0. The maximum Gasteiger partial charge on any atom is -1.00 e. The first kappa shape index (κ1) is 23.7. The summed E-state index contributed by atoms with van der Waals surface area (Å²) >= 11 is 2.39. The third kappa shape index (κ3) is 4.46. The van der Waals surface area contributed by atoms with Crippen LogP contribution in [-0.4, -0.2) is 8.07 Å². The maximum absolute atomic E-state index is 2.47. The molecule has 0 heterocycles. The van der Waals surface area contributed by atoms with E-state index in [0.717, 1.165) is 0 Å². The molecule has 1 aliphatic carbocycles. The van der Waals surface area contributed by atoms with Gasteiger partial charge in [0.25, 0.3) is 0 Å². The van der Waals surface area contributed by atoms with E-state index < -0.39 is 8.07 Å². The molecule has 0 bridgehead atoms. The number of hydrogen-bond acceptors (Lipinski definition) is 0. The fourth-order valence-electron chi connectivity index (χ4n) is 2.86. The smallest absolute Gasteiger partial charge is 1.00 e. The van der Waals surface area contributed by atoms with Crippen LogP contribution in [0.15, 0.2) is 78.9 Å². The Morgan fingerprint density at radius 3 is 1.83 bits per heavy atom. The molecule has 0 radical (unpaired) electrons. The fraction of sp³-hybridized carbons (Fsp3) is 0.158. The van der Waals surface area contributed by atoms with Gasteiger partial charge in [0, 0.05) is 0 Å². The molecule has 24 heavy (non-hydrogen) atoms. The Hall–Kier alpha value is -0.279. The van der Waals surface area contributed by atoms with Crippen LogP contribution in [0.5, 0.6) is 0 Å². The van der Waals surface area contributed by atoms with Gasteiger partial charge in [-0.25, -0.2) is 0 Å². The Morgan fingerprint density at radius 2 is 1.29 bits per heavy atom. The summed E-state index contributed by atoms with van der Waals surface area (Å²) in [5, 5.41) is 1.52. The number of halogens is 3. The van der Waals surface area contributed by atoms with Crippen LogP contribution in [-0.2, 0) is 20.4 Å². The number of allylic oxidation sites excluding steroid dienone is 4. The van der Waals surface area contributed by atoms with Gasteiger partial charge in [-0.2, -0.15) is 0 Å². The topological polar surface area (TPSA) is 0 Å². The van der Waals surface area contributed by atoms with Gasteiger partial charge < -0.3 is 37.2 Å². The molecule has 0 amide bonds. The van der Waals surface area contributed by atoms with Gasteiger partial charge in [0.1, 0.15) is 0 Å². The van der Waals surface area contributed by atoms with Crippen molar-refractivity contribution in [1.29, 1.82) is 0 Å². The molecule has 5 heteroatoms. The molecule has 1 unspecified atom stereocenters. The van der Waals surface area contributed by atoms with E-state index >= 15 is 0 Å². The van der Waals surface area contributed by atoms with Gasteiger partial charge in [0.15, 0.2) is 0 Å². The Balaban J connectivity index is 0.00000176. The summed E-state index contributed by atoms with van der Waals surface area (Å²) in [5.41, 5.74) is 2.67. The zero-order valence-corrected chi connectivity index (χ0v) is 18.5. The third-order valence-corrected chi connectivity index (χ3v) is 12.1. The van der Waals surface area contributed by atoms with E-state index in [0.29, 0.717) is 0 Å². The van der Waals surface area contributed by atoms with Crippen LogP contribution < -0.4 is 42.4 Å². The minimum atomic E-state index is -1.61. The van der Waals surface area contributed by atoms with Crippen LogP contribution in [0.1, 0.15) is 5.56 Å². The molecular weight excluding hydrogens is 411 g/mol. The second-order valence-corrected chi connectivity index (χ2v) is 12.9. The Morgan fingerprint density at radius 1 is 0.792 bits per heavy atom. The Kier molecular flexibility index (Phi) is 9.32. The summed E-state index contributed by atoms with van der Waals surface area (Å²) in [6.07, 6.45) is 7.18. The largest absolute Gasteiger partial charge is 1.00 e. The molecular formula is C19H19Cl3SiTi. The molecule has 0 saturated carbocycles. The van der Waals surface area contributed by atoms with E-state index in [2.05, 4.69) is 112 Å². The predicted molar refractivity (Wildman–Crippen MR) is 89.8 cm³/mol. The van der Waals surface area contributed by atoms with Gasteiger partial charge >= 0.3 is 140 Å². The molecule has 0 saturated heterocycles. The summed E-state index contributed by atoms with van der Waals surface area (Å²) in [6.45, 7) is 4.94. The summed E-state index contributed by atoms with van der Waals surface area (Å²) in [5.74, 6) is 0. The second kappa shape index (κ2) is 9.43. The van der Waals surface area contributed by atoms with E-state index in [1.165, 1.54) is 16.3 Å². The molecule has 124 valence electrons. The molecule has 0 nitrogen and oxygen atoms in total. The van der Waals surface area contributed by atoms with Crippen LogP contribution in [0.4, 0.5) is 0 Å². The van der Waals surface area contributed by atoms with Crippen molar-refractivity contribution in [2.75, 3.05) is 0 Å². The van der Waals surface area contributed by atoms with Gasteiger partial charge in [-0.05, 0) is 0 Å². The standard InChI is InChI=1S/C19H19Si.3ClH.Ti/c1-20(2,18-11-7-4-8-12-18)19-14-13-17(15-19)16-9-5-3-6-10-16;;;;/h3-15H,1-2H3;3*1H;/q;;;;+3/p-3. The summed E-state index contributed by atoms with van der Waals surface area (Å²) in [7, 11) is -1.61. The van der Waals surface area contributed by atoms with Crippen molar-refractivity contribution in [2.45, 2.75) is 16.4 Å². The maximum atomic E-state index is 2.47. The quantitative estimate of drug-likeness (QED) is 0.432. The molecule has 1 aliphatic rings. The van der Waals surface area contributed by atoms with Gasteiger partial charge in [0.05, 0.1) is 0 Å². The zero-order chi connectivity index (χ0) is 14.9. The molecule has 0 N–H and O–H groups in total. The predicted octanol–water partition coefficient (Wildman–Crippen LogP) is -4.49. The van der Waals surface area contributed by atoms with Crippen molar-refractivity contribution in [1.82, 2.24) is 0 Å². The molecule has 0 spiro atoms. The molecule has 1 atom stereocenters. The van der Waals surface area contributed by atoms with Crippen molar-refractivity contribution >= 4 is 18.8 Å². The van der Waals surface area contributed by atoms with Crippen LogP contribution in [0.25, 0.3) is 5.57 Å². The van der Waals surface area contributed by atoms with Crippen LogP contribution in [0.3, 0.4) is 0 Å². The minimum absolute atomic E-state index is 0. The second-order valence-electron chi connectivity index (χ2n) is 6.16. The van der Waals surface area contributed by atoms with Crippen molar-refractivity contribution < 1.29 is 57.7 Å². The third-order valence-electron chi connectivity index (χ3n) is 4.55. The average Bonchev–Trinajstić information content (AvgIpc) is 2.93. The van der Waals surface area contributed by atoms with E-state index in [1.54, 1.807) is 0 Å². The van der Waals surface area contributed by atoms with Gasteiger partial charge in [0.2, 0.25) is 0 Å². The van der Waals surface area contributed by atoms with Gasteiger partial charge in [-0.15, -0.1) is 0 Å². The van der Waals surface area contributed by atoms with E-state index in [1.807, 2.05) is 0 Å². The molecule has 0 aromatic heterocycles. The first-order valence-electron chi connectivity index (χ1n) is 7.31. The van der Waals surface area contributed by atoms with Crippen molar-refractivity contribution in [3.8, 4) is 0 Å². The summed E-state index contributed by atoms with van der Waals surface area (Å²) < 4.78 is 0.166. The first-order valence-corrected chi connectivity index (χ1v) is 11.1. The van der Waals surface area contributed by atoms with E-state index in [9.17, 15) is 0 Å². The van der Waals surface area contributed by atoms with E-state index in [4.69, 9.17) is 0 Å². The Bertz CT molecular complexity index is 699. The van der Waals surface area contributed by atoms with Crippen LogP contribution >= 0.6 is 0 Å². The van der Waals surface area contributed by atoms with Crippen LogP contribution in [0, 0.1) is 0 Å². The van der Waals surface area contributed by atoms with Crippen molar-refractivity contribution in [3.63, 3.8) is 0 Å². The summed E-state index contributed by atoms with van der Waals surface area (Å²) in [6, 6.07) is 21.7. The molecule has 2 aromatic rings. The van der Waals surface area contributed by atoms with E-state index in [-0.39, 0.29) is 40.6 Å².